The van der Waals surface area contributed by atoms with Crippen LogP contribution in [0.2, 0.25) is 0 Å². The molecule has 0 aliphatic heterocycles. The smallest absolute Gasteiger partial charge is 0.295 e. The number of hydrazone groups is 1. The number of ether oxygens (including phenoxy) is 1. The minimum absolute atomic E-state index is 0.496. The second-order valence-corrected chi connectivity index (χ2v) is 6.60. The summed E-state index contributed by atoms with van der Waals surface area (Å²) in [6, 6.07) is 16.2. The Kier molecular flexibility index (Phi) is 6.84. The van der Waals surface area contributed by atoms with Crippen LogP contribution in [0, 0.1) is 0 Å². The Hall–Kier alpha value is -3.35. The Morgan fingerprint density at radius 1 is 1.14 bits per heavy atom. The number of aromatic nitrogens is 2. The van der Waals surface area contributed by atoms with E-state index < -0.39 is 0 Å². The number of nitrogens with one attached hydrogen (secondary N) is 2. The van der Waals surface area contributed by atoms with Gasteiger partial charge in [-0.1, -0.05) is 12.1 Å². The van der Waals surface area contributed by atoms with Gasteiger partial charge in [-0.15, -0.1) is 0 Å². The Balaban J connectivity index is 1.61. The molecule has 2 aromatic carbocycles. The fourth-order valence-corrected chi connectivity index (χ4v) is 3.15. The molecule has 0 bridgehead atoms. The van der Waals surface area contributed by atoms with Crippen LogP contribution < -0.4 is 20.0 Å². The predicted molar refractivity (Wildman–Crippen MR) is 117 cm³/mol. The summed E-state index contributed by atoms with van der Waals surface area (Å²) in [6.45, 7) is 6.00. The van der Waals surface area contributed by atoms with Crippen LogP contribution in [0.25, 0.3) is 11.0 Å². The van der Waals surface area contributed by atoms with Gasteiger partial charge in [-0.2, -0.15) is 5.10 Å². The lowest BCUT2D eigenvalue weighted by Gasteiger charge is -2.06. The lowest BCUT2D eigenvalue weighted by molar-refractivity contribution is -0.655. The van der Waals surface area contributed by atoms with Gasteiger partial charge >= 0.3 is 0 Å². The Bertz CT molecular complexity index is 965. The quantitative estimate of drug-likeness (QED) is 0.281. The third-order valence-corrected chi connectivity index (χ3v) is 4.67. The van der Waals surface area contributed by atoms with Crippen molar-refractivity contribution in [3.05, 3.63) is 59.9 Å². The lowest BCUT2D eigenvalue weighted by atomic mass is 10.2. The normalized spacial score (nSPS) is 11.9. The van der Waals surface area contributed by atoms with Gasteiger partial charge in [0.1, 0.15) is 5.75 Å². The number of hydrogen-bond acceptors (Lipinski definition) is 3. The van der Waals surface area contributed by atoms with Crippen LogP contribution in [0.15, 0.2) is 58.6 Å². The molecule has 0 saturated heterocycles. The van der Waals surface area contributed by atoms with Crippen LogP contribution in [0.1, 0.15) is 25.2 Å². The molecule has 0 amide bonds. The minimum atomic E-state index is 0.496. The number of fused-ring (bicyclic) bond motifs is 1. The third kappa shape index (κ3) is 4.93. The van der Waals surface area contributed by atoms with Gasteiger partial charge in [-0.3, -0.25) is 4.99 Å². The van der Waals surface area contributed by atoms with E-state index in [0.29, 0.717) is 19.1 Å². The van der Waals surface area contributed by atoms with Crippen molar-refractivity contribution in [2.24, 2.45) is 24.2 Å². The van der Waals surface area contributed by atoms with Crippen LogP contribution in [0.5, 0.6) is 5.75 Å². The summed E-state index contributed by atoms with van der Waals surface area (Å²) in [6.07, 6.45) is 1.76. The van der Waals surface area contributed by atoms with E-state index in [2.05, 4.69) is 68.3 Å². The molecule has 0 aliphatic rings. The highest BCUT2D eigenvalue weighted by atomic mass is 16.5. The molecule has 152 valence electrons. The lowest BCUT2D eigenvalue weighted by Crippen LogP contribution is -2.34. The molecule has 0 fully saturated rings. The van der Waals surface area contributed by atoms with Crippen molar-refractivity contribution in [1.29, 1.82) is 0 Å². The summed E-state index contributed by atoms with van der Waals surface area (Å²) in [4.78, 5) is 4.30. The maximum absolute atomic E-state index is 6.01. The number of nitrogens with zero attached hydrogens (tertiary/aromatic N) is 4. The molecule has 29 heavy (non-hydrogen) atoms. The van der Waals surface area contributed by atoms with Crippen molar-refractivity contribution in [3.8, 4) is 5.75 Å². The molecule has 2 N–H and O–H groups in total. The van der Waals surface area contributed by atoms with Crippen molar-refractivity contribution in [2.45, 2.75) is 20.5 Å². The van der Waals surface area contributed by atoms with E-state index in [9.17, 15) is 0 Å². The maximum Gasteiger partial charge on any atom is 0.295 e. The van der Waals surface area contributed by atoms with E-state index in [1.54, 1.807) is 6.21 Å². The van der Waals surface area contributed by atoms with Gasteiger partial charge in [0, 0.05) is 13.1 Å². The van der Waals surface area contributed by atoms with E-state index in [1.807, 2.05) is 38.1 Å². The molecule has 1 aromatic heterocycles. The summed E-state index contributed by atoms with van der Waals surface area (Å²) in [5.74, 6) is 2.60. The van der Waals surface area contributed by atoms with Gasteiger partial charge in [0.05, 0.1) is 20.3 Å². The number of rotatable bonds is 7. The van der Waals surface area contributed by atoms with E-state index in [4.69, 9.17) is 4.74 Å². The Labute approximate surface area is 171 Å². The summed E-state index contributed by atoms with van der Waals surface area (Å²) < 4.78 is 10.4. The first-order valence-corrected chi connectivity index (χ1v) is 9.86. The highest BCUT2D eigenvalue weighted by Gasteiger charge is 2.19. The van der Waals surface area contributed by atoms with Gasteiger partial charge in [0.15, 0.2) is 17.6 Å². The standard InChI is InChI=1S/C22H29N6O/c1-5-23-22(24-6-2)26-25-15-17-11-13-18(14-12-17)29-16-21-27(3)19-9-7-8-10-20(19)28(21)4/h7-15H,5-6,16H2,1-4H3,(H2,23,24,26)/q+1/b25-15+. The number of benzene rings is 2. The zero-order valence-corrected chi connectivity index (χ0v) is 17.5. The molecule has 0 saturated carbocycles. The number of guanidine groups is 1. The topological polar surface area (TPSA) is 66.8 Å². The summed E-state index contributed by atoms with van der Waals surface area (Å²) in [7, 11) is 4.13. The largest absolute Gasteiger partial charge is 0.481 e. The third-order valence-electron chi connectivity index (χ3n) is 4.67. The molecule has 3 aromatic rings. The average Bonchev–Trinajstić information content (AvgIpc) is 2.98. The van der Waals surface area contributed by atoms with E-state index in [1.165, 1.54) is 11.0 Å². The van der Waals surface area contributed by atoms with Crippen molar-refractivity contribution in [2.75, 3.05) is 13.1 Å². The average molecular weight is 394 g/mol. The van der Waals surface area contributed by atoms with Gasteiger partial charge in [0.2, 0.25) is 5.96 Å². The molecule has 0 radical (unpaired) electrons. The van der Waals surface area contributed by atoms with E-state index >= 15 is 0 Å². The molecule has 1 heterocycles. The summed E-state index contributed by atoms with van der Waals surface area (Å²) in [5, 5.41) is 7.37. The molecule has 7 heteroatoms. The van der Waals surface area contributed by atoms with Crippen molar-refractivity contribution in [3.63, 3.8) is 0 Å². The number of aryl methyl sites for hydroxylation is 2. The predicted octanol–water partition coefficient (Wildman–Crippen LogP) is 2.49. The van der Waals surface area contributed by atoms with E-state index in [-0.39, 0.29) is 0 Å². The zero-order chi connectivity index (χ0) is 20.6. The number of imidazole rings is 1. The van der Waals surface area contributed by atoms with Gasteiger partial charge in [0.25, 0.3) is 5.82 Å². The summed E-state index contributed by atoms with van der Waals surface area (Å²) >= 11 is 0. The van der Waals surface area contributed by atoms with Gasteiger partial charge in [-0.25, -0.2) is 14.6 Å². The zero-order valence-electron chi connectivity index (χ0n) is 17.5. The van der Waals surface area contributed by atoms with Gasteiger partial charge < -0.3 is 10.1 Å². The SMILES string of the molecule is CCN=C(NCC)N/N=C/c1ccc(OCc2n(C)c3ccccc3[n+]2C)cc1. The van der Waals surface area contributed by atoms with Gasteiger partial charge in [-0.05, 0) is 55.8 Å². The first-order chi connectivity index (χ1) is 14.1. The summed E-state index contributed by atoms with van der Waals surface area (Å²) in [5.41, 5.74) is 6.29. The molecular formula is C22H29N6O+. The van der Waals surface area contributed by atoms with Crippen LogP contribution in [-0.4, -0.2) is 29.8 Å². The molecule has 0 aliphatic carbocycles. The fourth-order valence-electron chi connectivity index (χ4n) is 3.15. The Morgan fingerprint density at radius 3 is 2.59 bits per heavy atom. The van der Waals surface area contributed by atoms with Crippen molar-refractivity contribution >= 4 is 23.2 Å². The first-order valence-electron chi connectivity index (χ1n) is 9.86. The maximum atomic E-state index is 6.01. The van der Waals surface area contributed by atoms with Crippen molar-refractivity contribution in [1.82, 2.24) is 15.3 Å². The van der Waals surface area contributed by atoms with Crippen LogP contribution in [0.3, 0.4) is 0 Å². The van der Waals surface area contributed by atoms with Crippen molar-refractivity contribution < 1.29 is 9.30 Å². The van der Waals surface area contributed by atoms with Crippen LogP contribution in [0.4, 0.5) is 0 Å². The molecular weight excluding hydrogens is 364 g/mol. The highest BCUT2D eigenvalue weighted by molar-refractivity contribution is 5.84. The first kappa shape index (κ1) is 20.4. The minimum Gasteiger partial charge on any atom is -0.481 e. The second-order valence-electron chi connectivity index (χ2n) is 6.60. The number of para-hydroxylation sites is 2. The van der Waals surface area contributed by atoms with Crippen LogP contribution >= 0.6 is 0 Å². The monoisotopic (exact) mass is 393 g/mol. The van der Waals surface area contributed by atoms with Crippen LogP contribution in [-0.2, 0) is 20.7 Å². The molecule has 0 atom stereocenters. The van der Waals surface area contributed by atoms with E-state index in [0.717, 1.165) is 23.7 Å². The fraction of sp³-hybridized carbons (Fsp3) is 0.318. The molecule has 0 unspecified atom stereocenters. The highest BCUT2D eigenvalue weighted by Crippen LogP contribution is 2.16. The Morgan fingerprint density at radius 2 is 1.90 bits per heavy atom. The molecule has 3 rings (SSSR count). The number of hydrogen-bond donors (Lipinski definition) is 2. The molecule has 7 nitrogen and oxygen atoms in total. The second kappa shape index (κ2) is 9.73. The number of aliphatic imine (C=N–C) groups is 1. The molecule has 0 spiro atoms.